The van der Waals surface area contributed by atoms with Crippen LogP contribution in [0.3, 0.4) is 0 Å². The van der Waals surface area contributed by atoms with Crippen molar-refractivity contribution in [3.05, 3.63) is 67.3 Å². The Morgan fingerprint density at radius 1 is 0.886 bits per heavy atom. The van der Waals surface area contributed by atoms with Gasteiger partial charge in [0.05, 0.1) is 17.2 Å². The molecule has 0 amide bonds. The van der Waals surface area contributed by atoms with Gasteiger partial charge in [-0.3, -0.25) is 4.68 Å². The average Bonchev–Trinajstić information content (AvgIpc) is 3.43. The smallest absolute Gasteiger partial charge is 0.219 e. The van der Waals surface area contributed by atoms with Gasteiger partial charge in [-0.2, -0.15) is 5.10 Å². The lowest BCUT2D eigenvalue weighted by Crippen LogP contribution is -2.22. The molecule has 7 heteroatoms. The average molecular weight is 466 g/mol. The van der Waals surface area contributed by atoms with Gasteiger partial charge in [0.1, 0.15) is 5.82 Å². The van der Waals surface area contributed by atoms with Gasteiger partial charge < -0.3 is 10.3 Å². The van der Waals surface area contributed by atoms with Crippen molar-refractivity contribution < 1.29 is 0 Å². The molecule has 35 heavy (non-hydrogen) atoms. The van der Waals surface area contributed by atoms with Gasteiger partial charge >= 0.3 is 0 Å². The van der Waals surface area contributed by atoms with Crippen LogP contribution in [0, 0.1) is 5.92 Å². The number of nitrogens with two attached hydrogens (primary N) is 1. The maximum Gasteiger partial charge on any atom is 0.219 e. The van der Waals surface area contributed by atoms with Gasteiger partial charge in [0.25, 0.3) is 0 Å². The second-order valence-electron chi connectivity index (χ2n) is 10.4. The summed E-state index contributed by atoms with van der Waals surface area (Å²) in [6.07, 6.45) is 7.57. The van der Waals surface area contributed by atoms with E-state index in [-0.39, 0.29) is 11.5 Å². The second kappa shape index (κ2) is 8.65. The minimum atomic E-state index is -0.176. The van der Waals surface area contributed by atoms with Gasteiger partial charge in [-0.05, 0) is 49.9 Å². The van der Waals surface area contributed by atoms with E-state index in [1.165, 1.54) is 0 Å². The second-order valence-corrected chi connectivity index (χ2v) is 10.4. The van der Waals surface area contributed by atoms with E-state index in [0.717, 1.165) is 51.2 Å². The zero-order valence-corrected chi connectivity index (χ0v) is 20.9. The zero-order chi connectivity index (χ0) is 24.7. The van der Waals surface area contributed by atoms with E-state index in [0.29, 0.717) is 5.92 Å². The summed E-state index contributed by atoms with van der Waals surface area (Å²) >= 11 is 0. The third-order valence-electron chi connectivity index (χ3n) is 5.99. The van der Waals surface area contributed by atoms with Crippen LogP contribution >= 0.6 is 0 Å². The monoisotopic (exact) mass is 465 g/mol. The maximum absolute atomic E-state index is 5.67. The summed E-state index contributed by atoms with van der Waals surface area (Å²) < 4.78 is 4.34. The number of hydrogen-bond donors (Lipinski definition) is 1. The fourth-order valence-electron chi connectivity index (χ4n) is 4.51. The molecule has 0 saturated heterocycles. The van der Waals surface area contributed by atoms with Crippen molar-refractivity contribution in [2.24, 2.45) is 5.92 Å². The Balaban J connectivity index is 1.68. The van der Waals surface area contributed by atoms with Crippen molar-refractivity contribution in [1.29, 1.82) is 0 Å². The fraction of sp³-hybridized carbons (Fsp3) is 0.286. The van der Waals surface area contributed by atoms with Crippen molar-refractivity contribution in [1.82, 2.24) is 29.3 Å². The molecular formula is C28H31N7. The summed E-state index contributed by atoms with van der Waals surface area (Å²) in [6, 6.07) is 14.8. The molecule has 0 saturated carbocycles. The summed E-state index contributed by atoms with van der Waals surface area (Å²) in [5.74, 6) is 1.73. The molecule has 7 nitrogen and oxygen atoms in total. The first-order valence-corrected chi connectivity index (χ1v) is 11.9. The molecule has 178 valence electrons. The highest BCUT2D eigenvalue weighted by molar-refractivity contribution is 5.89. The van der Waals surface area contributed by atoms with Gasteiger partial charge in [-0.15, -0.1) is 0 Å². The van der Waals surface area contributed by atoms with Crippen LogP contribution in [-0.4, -0.2) is 29.3 Å². The van der Waals surface area contributed by atoms with Crippen molar-refractivity contribution in [3.63, 3.8) is 0 Å². The molecule has 0 unspecified atom stereocenters. The molecule has 5 rings (SSSR count). The standard InChI is InChI=1S/C28H31N7/c1-18(2)16-34-17-21(15-32-34)22-8-6-7-9-23(22)26-33-24-12-19(20-13-30-27(29)31-14-20)10-11-25(24)35(26)28(3,4)5/h6-15,17-18H,16H2,1-5H3,(H2,29,30,31). The van der Waals surface area contributed by atoms with Crippen LogP contribution in [-0.2, 0) is 12.1 Å². The van der Waals surface area contributed by atoms with Crippen molar-refractivity contribution in [2.75, 3.05) is 5.73 Å². The number of fused-ring (bicyclic) bond motifs is 1. The lowest BCUT2D eigenvalue weighted by Gasteiger charge is -2.25. The van der Waals surface area contributed by atoms with Crippen LogP contribution in [0.25, 0.3) is 44.7 Å². The minimum Gasteiger partial charge on any atom is -0.368 e. The number of nitrogen functional groups attached to an aromatic ring is 1. The van der Waals surface area contributed by atoms with E-state index in [1.54, 1.807) is 12.4 Å². The number of rotatable bonds is 5. The van der Waals surface area contributed by atoms with E-state index in [2.05, 4.69) is 103 Å². The molecule has 0 spiro atoms. The first-order chi connectivity index (χ1) is 16.7. The molecule has 5 aromatic rings. The number of aromatic nitrogens is 6. The summed E-state index contributed by atoms with van der Waals surface area (Å²) in [6.45, 7) is 11.9. The summed E-state index contributed by atoms with van der Waals surface area (Å²) in [5.41, 5.74) is 12.7. The molecule has 0 bridgehead atoms. The van der Waals surface area contributed by atoms with Gasteiger partial charge in [0, 0.05) is 47.4 Å². The van der Waals surface area contributed by atoms with Gasteiger partial charge in [0.2, 0.25) is 5.95 Å². The maximum atomic E-state index is 5.67. The predicted octanol–water partition coefficient (Wildman–Crippen LogP) is 6.02. The minimum absolute atomic E-state index is 0.176. The summed E-state index contributed by atoms with van der Waals surface area (Å²) in [7, 11) is 0. The summed E-state index contributed by atoms with van der Waals surface area (Å²) in [4.78, 5) is 13.5. The SMILES string of the molecule is CC(C)Cn1cc(-c2ccccc2-c2nc3cc(-c4cnc(N)nc4)ccc3n2C(C)(C)C)cn1. The third-order valence-corrected chi connectivity index (χ3v) is 5.99. The Bertz CT molecular complexity index is 1480. The molecule has 0 aliphatic heterocycles. The molecule has 0 atom stereocenters. The Morgan fingerprint density at radius 2 is 1.60 bits per heavy atom. The number of benzene rings is 2. The highest BCUT2D eigenvalue weighted by Gasteiger charge is 2.24. The molecular weight excluding hydrogens is 434 g/mol. The molecule has 0 fully saturated rings. The normalized spacial score (nSPS) is 12.1. The highest BCUT2D eigenvalue weighted by atomic mass is 15.3. The van der Waals surface area contributed by atoms with Gasteiger partial charge in [0.15, 0.2) is 0 Å². The largest absolute Gasteiger partial charge is 0.368 e. The first-order valence-electron chi connectivity index (χ1n) is 11.9. The van der Waals surface area contributed by atoms with Crippen LogP contribution < -0.4 is 5.73 Å². The third kappa shape index (κ3) is 4.41. The van der Waals surface area contributed by atoms with E-state index in [9.17, 15) is 0 Å². The molecule has 0 radical (unpaired) electrons. The van der Waals surface area contributed by atoms with Crippen LogP contribution in [0.2, 0.25) is 0 Å². The Morgan fingerprint density at radius 3 is 2.29 bits per heavy atom. The van der Waals surface area contributed by atoms with Crippen LogP contribution in [0.4, 0.5) is 5.95 Å². The topological polar surface area (TPSA) is 87.4 Å². The zero-order valence-electron chi connectivity index (χ0n) is 20.9. The van der Waals surface area contributed by atoms with Gasteiger partial charge in [-0.25, -0.2) is 15.0 Å². The molecule has 3 aromatic heterocycles. The van der Waals surface area contributed by atoms with Crippen molar-refractivity contribution >= 4 is 17.0 Å². The highest BCUT2D eigenvalue weighted by Crippen LogP contribution is 2.37. The molecule has 0 aliphatic carbocycles. The molecule has 3 heterocycles. The Hall–Kier alpha value is -4.00. The Labute approximate surface area is 205 Å². The number of imidazole rings is 1. The first kappa shape index (κ1) is 22.8. The van der Waals surface area contributed by atoms with E-state index in [4.69, 9.17) is 10.7 Å². The van der Waals surface area contributed by atoms with Crippen molar-refractivity contribution in [2.45, 2.75) is 46.7 Å². The van der Waals surface area contributed by atoms with Crippen LogP contribution in [0.15, 0.2) is 67.3 Å². The quantitative estimate of drug-likeness (QED) is 0.343. The lowest BCUT2D eigenvalue weighted by molar-refractivity contribution is 0.413. The van der Waals surface area contributed by atoms with Crippen LogP contribution in [0.5, 0.6) is 0 Å². The molecule has 0 aliphatic rings. The van der Waals surface area contributed by atoms with E-state index in [1.807, 2.05) is 10.9 Å². The fourth-order valence-corrected chi connectivity index (χ4v) is 4.51. The number of nitrogens with zero attached hydrogens (tertiary/aromatic N) is 6. The Kier molecular flexibility index (Phi) is 5.63. The van der Waals surface area contributed by atoms with Crippen LogP contribution in [0.1, 0.15) is 34.6 Å². The predicted molar refractivity (Wildman–Crippen MR) is 142 cm³/mol. The summed E-state index contributed by atoms with van der Waals surface area (Å²) in [5, 5.41) is 4.60. The number of hydrogen-bond acceptors (Lipinski definition) is 5. The molecule has 2 aromatic carbocycles. The molecule has 2 N–H and O–H groups in total. The van der Waals surface area contributed by atoms with E-state index < -0.39 is 0 Å². The van der Waals surface area contributed by atoms with Crippen molar-refractivity contribution in [3.8, 4) is 33.6 Å². The van der Waals surface area contributed by atoms with Gasteiger partial charge in [-0.1, -0.05) is 44.2 Å². The number of anilines is 1. The lowest BCUT2D eigenvalue weighted by atomic mass is 10.0. The van der Waals surface area contributed by atoms with E-state index >= 15 is 0 Å².